The molecule has 1 fully saturated rings. The van der Waals surface area contributed by atoms with Crippen LogP contribution in [0.25, 0.3) is 0 Å². The summed E-state index contributed by atoms with van der Waals surface area (Å²) in [5.41, 5.74) is 0.438. The molecule has 0 saturated heterocycles. The van der Waals surface area contributed by atoms with Crippen molar-refractivity contribution in [1.29, 1.82) is 0 Å². The predicted molar refractivity (Wildman–Crippen MR) is 82.1 cm³/mol. The van der Waals surface area contributed by atoms with E-state index in [9.17, 15) is 14.9 Å². The van der Waals surface area contributed by atoms with Crippen LogP contribution in [-0.4, -0.2) is 21.2 Å². The third-order valence-electron chi connectivity index (χ3n) is 3.96. The van der Waals surface area contributed by atoms with Gasteiger partial charge in [0.15, 0.2) is 0 Å². The van der Waals surface area contributed by atoms with Gasteiger partial charge in [-0.2, -0.15) is 0 Å². The normalized spacial score (nSPS) is 22.0. The molecular formula is C15H19NO4S. The lowest BCUT2D eigenvalue weighted by Crippen LogP contribution is -2.15. The molecule has 2 unspecified atom stereocenters. The van der Waals surface area contributed by atoms with Crippen LogP contribution in [0.1, 0.15) is 48.5 Å². The van der Waals surface area contributed by atoms with Crippen molar-refractivity contribution in [3.63, 3.8) is 0 Å². The minimum atomic E-state index is -1.13. The highest BCUT2D eigenvalue weighted by molar-refractivity contribution is 8.00. The van der Waals surface area contributed by atoms with Gasteiger partial charge in [0.2, 0.25) is 0 Å². The lowest BCUT2D eigenvalue weighted by molar-refractivity contribution is -0.385. The van der Waals surface area contributed by atoms with Gasteiger partial charge in [0.25, 0.3) is 5.69 Å². The Kier molecular flexibility index (Phi) is 4.88. The van der Waals surface area contributed by atoms with Gasteiger partial charge in [0.05, 0.1) is 10.5 Å². The van der Waals surface area contributed by atoms with Gasteiger partial charge < -0.3 is 5.11 Å². The molecule has 0 heterocycles. The number of aromatic carboxylic acids is 1. The van der Waals surface area contributed by atoms with Crippen LogP contribution in [0.4, 0.5) is 5.69 Å². The summed E-state index contributed by atoms with van der Waals surface area (Å²) in [6, 6.07) is 2.71. The predicted octanol–water partition coefficient (Wildman–Crippen LogP) is 4.27. The Morgan fingerprint density at radius 1 is 1.43 bits per heavy atom. The zero-order valence-electron chi connectivity index (χ0n) is 12.2. The van der Waals surface area contributed by atoms with Crippen molar-refractivity contribution < 1.29 is 14.8 Å². The Morgan fingerprint density at radius 2 is 2.14 bits per heavy atom. The molecule has 1 aromatic carbocycles. The van der Waals surface area contributed by atoms with E-state index in [-0.39, 0.29) is 11.3 Å². The minimum absolute atomic E-state index is 0.0151. The van der Waals surface area contributed by atoms with E-state index < -0.39 is 10.9 Å². The number of carboxylic acids is 1. The molecule has 0 radical (unpaired) electrons. The summed E-state index contributed by atoms with van der Waals surface area (Å²) < 4.78 is 0. The van der Waals surface area contributed by atoms with Crippen LogP contribution in [0.3, 0.4) is 0 Å². The van der Waals surface area contributed by atoms with E-state index >= 15 is 0 Å². The van der Waals surface area contributed by atoms with Gasteiger partial charge >= 0.3 is 5.97 Å². The molecule has 1 aliphatic carbocycles. The number of nitro groups is 1. The van der Waals surface area contributed by atoms with E-state index in [0.717, 1.165) is 23.8 Å². The molecule has 2 rings (SSSR count). The zero-order chi connectivity index (χ0) is 15.6. The largest absolute Gasteiger partial charge is 0.478 e. The molecule has 0 aromatic heterocycles. The van der Waals surface area contributed by atoms with Crippen LogP contribution < -0.4 is 0 Å². The second-order valence-electron chi connectivity index (χ2n) is 5.69. The Bertz CT molecular complexity index is 573. The van der Waals surface area contributed by atoms with Crippen LogP contribution in [0.2, 0.25) is 0 Å². The van der Waals surface area contributed by atoms with E-state index in [0.29, 0.717) is 16.7 Å². The molecule has 21 heavy (non-hydrogen) atoms. The first-order chi connectivity index (χ1) is 9.88. The van der Waals surface area contributed by atoms with Gasteiger partial charge in [0, 0.05) is 21.8 Å². The van der Waals surface area contributed by atoms with Gasteiger partial charge in [-0.1, -0.05) is 19.8 Å². The summed E-state index contributed by atoms with van der Waals surface area (Å²) in [7, 11) is 0. The fourth-order valence-electron chi connectivity index (χ4n) is 2.77. The molecular weight excluding hydrogens is 290 g/mol. The standard InChI is InChI=1S/C15H19NO4S/c1-9-4-3-5-12(6-9)21-14-8-11(15(17)18)7-13(10(14)2)16(19)20/h7-9,12H,3-6H2,1-2H3,(H,17,18). The molecule has 1 aliphatic rings. The highest BCUT2D eigenvalue weighted by atomic mass is 32.2. The molecule has 1 N–H and O–H groups in total. The van der Waals surface area contributed by atoms with Crippen LogP contribution in [0.5, 0.6) is 0 Å². The van der Waals surface area contributed by atoms with Crippen LogP contribution >= 0.6 is 11.8 Å². The SMILES string of the molecule is Cc1c(SC2CCCC(C)C2)cc(C(=O)O)cc1[N+](=O)[O-]. The average molecular weight is 309 g/mol. The Hall–Kier alpha value is -1.56. The highest BCUT2D eigenvalue weighted by Crippen LogP contribution is 2.39. The van der Waals surface area contributed by atoms with E-state index in [1.54, 1.807) is 24.8 Å². The molecule has 1 saturated carbocycles. The molecule has 2 atom stereocenters. The molecule has 0 amide bonds. The number of hydrogen-bond donors (Lipinski definition) is 1. The number of hydrogen-bond acceptors (Lipinski definition) is 4. The summed E-state index contributed by atoms with van der Waals surface area (Å²) in [6.45, 7) is 3.91. The van der Waals surface area contributed by atoms with Crippen molar-refractivity contribution in [1.82, 2.24) is 0 Å². The van der Waals surface area contributed by atoms with Gasteiger partial charge in [0.1, 0.15) is 0 Å². The Balaban J connectivity index is 2.33. The monoisotopic (exact) mass is 309 g/mol. The van der Waals surface area contributed by atoms with Crippen molar-refractivity contribution in [2.45, 2.75) is 49.7 Å². The van der Waals surface area contributed by atoms with Crippen molar-refractivity contribution in [2.24, 2.45) is 5.92 Å². The summed E-state index contributed by atoms with van der Waals surface area (Å²) in [4.78, 5) is 22.5. The zero-order valence-corrected chi connectivity index (χ0v) is 13.0. The van der Waals surface area contributed by atoms with Crippen molar-refractivity contribution in [2.75, 3.05) is 0 Å². The third kappa shape index (κ3) is 3.75. The minimum Gasteiger partial charge on any atom is -0.478 e. The maximum Gasteiger partial charge on any atom is 0.335 e. The number of nitrogens with zero attached hydrogens (tertiary/aromatic N) is 1. The van der Waals surface area contributed by atoms with Gasteiger partial charge in [-0.25, -0.2) is 4.79 Å². The topological polar surface area (TPSA) is 80.4 Å². The van der Waals surface area contributed by atoms with Gasteiger partial charge in [-0.3, -0.25) is 10.1 Å². The van der Waals surface area contributed by atoms with E-state index in [1.807, 2.05) is 0 Å². The first-order valence-corrected chi connectivity index (χ1v) is 7.95. The molecule has 0 spiro atoms. The lowest BCUT2D eigenvalue weighted by atomic mass is 9.91. The van der Waals surface area contributed by atoms with Crippen molar-refractivity contribution in [3.05, 3.63) is 33.4 Å². The fourth-order valence-corrected chi connectivity index (χ4v) is 4.32. The highest BCUT2D eigenvalue weighted by Gasteiger charge is 2.24. The summed E-state index contributed by atoms with van der Waals surface area (Å²) >= 11 is 1.59. The summed E-state index contributed by atoms with van der Waals surface area (Å²) in [5, 5.41) is 20.6. The van der Waals surface area contributed by atoms with Gasteiger partial charge in [-0.15, -0.1) is 11.8 Å². The van der Waals surface area contributed by atoms with Crippen LogP contribution in [0.15, 0.2) is 17.0 Å². The smallest absolute Gasteiger partial charge is 0.335 e. The molecule has 114 valence electrons. The first-order valence-electron chi connectivity index (χ1n) is 7.07. The quantitative estimate of drug-likeness (QED) is 0.663. The molecule has 6 heteroatoms. The number of carboxylic acid groups (broad SMARTS) is 1. The Labute approximate surface area is 127 Å². The van der Waals surface area contributed by atoms with E-state index in [4.69, 9.17) is 5.11 Å². The van der Waals surface area contributed by atoms with E-state index in [1.165, 1.54) is 12.8 Å². The Morgan fingerprint density at radius 3 is 2.71 bits per heavy atom. The molecule has 1 aromatic rings. The second kappa shape index (κ2) is 6.47. The lowest BCUT2D eigenvalue weighted by Gasteiger charge is -2.26. The van der Waals surface area contributed by atoms with Crippen LogP contribution in [-0.2, 0) is 0 Å². The number of rotatable bonds is 4. The van der Waals surface area contributed by atoms with Crippen molar-refractivity contribution >= 4 is 23.4 Å². The van der Waals surface area contributed by atoms with E-state index in [2.05, 4.69) is 6.92 Å². The number of carbonyl (C=O) groups is 1. The molecule has 0 bridgehead atoms. The number of thioether (sulfide) groups is 1. The second-order valence-corrected chi connectivity index (χ2v) is 7.03. The average Bonchev–Trinajstić information content (AvgIpc) is 2.40. The first kappa shape index (κ1) is 15.8. The fraction of sp³-hybridized carbons (Fsp3) is 0.533. The number of benzene rings is 1. The van der Waals surface area contributed by atoms with Crippen LogP contribution in [0, 0.1) is 23.0 Å². The van der Waals surface area contributed by atoms with Gasteiger partial charge in [-0.05, 0) is 31.7 Å². The number of nitro benzene ring substituents is 1. The maximum absolute atomic E-state index is 11.2. The molecule has 5 nitrogen and oxygen atoms in total. The summed E-state index contributed by atoms with van der Waals surface area (Å²) in [5.74, 6) is -0.467. The third-order valence-corrected chi connectivity index (χ3v) is 5.40. The molecule has 0 aliphatic heterocycles. The summed E-state index contributed by atoms with van der Waals surface area (Å²) in [6.07, 6.45) is 4.55. The van der Waals surface area contributed by atoms with Crippen molar-refractivity contribution in [3.8, 4) is 0 Å². The maximum atomic E-state index is 11.2.